The van der Waals surface area contributed by atoms with Crippen molar-refractivity contribution in [2.45, 2.75) is 11.8 Å². The quantitative estimate of drug-likeness (QED) is 0.130. The van der Waals surface area contributed by atoms with Gasteiger partial charge in [0.1, 0.15) is 0 Å². The highest BCUT2D eigenvalue weighted by Gasteiger charge is 2.22. The van der Waals surface area contributed by atoms with Gasteiger partial charge in [0.15, 0.2) is 0 Å². The molecule has 2 heteroatoms. The molecule has 0 nitrogen and oxygen atoms in total. The molecule has 12 rings (SSSR count). The molecule has 12 aromatic rings. The third kappa shape index (κ3) is 5.67. The van der Waals surface area contributed by atoms with Crippen molar-refractivity contribution in [3.63, 3.8) is 0 Å². The van der Waals surface area contributed by atoms with Crippen molar-refractivity contribution in [3.05, 3.63) is 212 Å². The van der Waals surface area contributed by atoms with Crippen molar-refractivity contribution in [3.8, 4) is 55.6 Å². The summed E-state index contributed by atoms with van der Waals surface area (Å²) in [5, 5.41) is 12.6. The predicted molar refractivity (Wildman–Crippen MR) is 269 cm³/mol. The third-order valence-electron chi connectivity index (χ3n) is 12.7. The van der Waals surface area contributed by atoms with E-state index in [0.717, 1.165) is 16.0 Å². The zero-order chi connectivity index (χ0) is 40.6. The number of rotatable bonds is 5. The van der Waals surface area contributed by atoms with E-state index in [1.54, 1.807) is 0 Å². The minimum absolute atomic E-state index is 0.954. The summed E-state index contributed by atoms with van der Waals surface area (Å²) in [4.78, 5) is 0.954. The van der Waals surface area contributed by atoms with Gasteiger partial charge < -0.3 is 0 Å². The first kappa shape index (κ1) is 35.9. The zero-order valence-corrected chi connectivity index (χ0v) is 35.2. The number of thiophene rings is 1. The molecule has 1 aromatic heterocycles. The fourth-order valence-electron chi connectivity index (χ4n) is 10.1. The van der Waals surface area contributed by atoms with Crippen molar-refractivity contribution >= 4 is 87.2 Å². The molecule has 0 saturated carbocycles. The van der Waals surface area contributed by atoms with E-state index in [1.807, 2.05) is 11.3 Å². The van der Waals surface area contributed by atoms with E-state index in [1.165, 1.54) is 113 Å². The number of benzene rings is 11. The molecule has 0 saturated heterocycles. The van der Waals surface area contributed by atoms with Gasteiger partial charge in [0.2, 0.25) is 0 Å². The molecule has 61 heavy (non-hydrogen) atoms. The highest BCUT2D eigenvalue weighted by atomic mass is 32.1. The largest absolute Gasteiger partial charge is 0.143 e. The van der Waals surface area contributed by atoms with E-state index in [4.69, 9.17) is 12.6 Å². The Bertz CT molecular complexity index is 3610. The molecule has 0 bridgehead atoms. The second-order valence-electron chi connectivity index (χ2n) is 16.1. The van der Waals surface area contributed by atoms with Gasteiger partial charge in [-0.15, -0.1) is 24.0 Å². The van der Waals surface area contributed by atoms with Crippen LogP contribution in [0, 0.1) is 6.92 Å². The van der Waals surface area contributed by atoms with Gasteiger partial charge >= 0.3 is 0 Å². The number of hydrogen-bond donors (Lipinski definition) is 1. The molecule has 0 N–H and O–H groups in total. The monoisotopic (exact) mass is 810 g/mol. The van der Waals surface area contributed by atoms with Crippen LogP contribution in [0.25, 0.3) is 119 Å². The summed E-state index contributed by atoms with van der Waals surface area (Å²) in [6.45, 7) is 2.24. The van der Waals surface area contributed by atoms with Gasteiger partial charge in [0, 0.05) is 25.1 Å². The molecule has 0 unspecified atom stereocenters. The lowest BCUT2D eigenvalue weighted by molar-refractivity contribution is 1.40. The molecule has 0 aliphatic heterocycles. The van der Waals surface area contributed by atoms with Crippen LogP contribution in [0.4, 0.5) is 0 Å². The third-order valence-corrected chi connectivity index (χ3v) is 14.2. The van der Waals surface area contributed by atoms with Crippen LogP contribution >= 0.6 is 24.0 Å². The number of thiol groups is 1. The van der Waals surface area contributed by atoms with Crippen LogP contribution in [0.1, 0.15) is 5.56 Å². The van der Waals surface area contributed by atoms with Gasteiger partial charge in [-0.3, -0.25) is 0 Å². The van der Waals surface area contributed by atoms with Crippen molar-refractivity contribution in [1.82, 2.24) is 0 Å². The summed E-state index contributed by atoms with van der Waals surface area (Å²) >= 11 is 7.23. The number of hydrogen-bond acceptors (Lipinski definition) is 2. The summed E-state index contributed by atoms with van der Waals surface area (Å²) in [6, 6.07) is 76.0. The summed E-state index contributed by atoms with van der Waals surface area (Å²) in [5.41, 5.74) is 13.4. The first-order chi connectivity index (χ1) is 30.1. The van der Waals surface area contributed by atoms with Gasteiger partial charge in [-0.1, -0.05) is 182 Å². The fourth-order valence-corrected chi connectivity index (χ4v) is 11.5. The predicted octanol–water partition coefficient (Wildman–Crippen LogP) is 17.6. The molecule has 1 heterocycles. The number of fused-ring (bicyclic) bond motifs is 7. The molecule has 11 aromatic carbocycles. The van der Waals surface area contributed by atoms with Gasteiger partial charge in [0.05, 0.1) is 0 Å². The van der Waals surface area contributed by atoms with Crippen LogP contribution < -0.4 is 0 Å². The Hall–Kier alpha value is -6.97. The standard InChI is InChI=1S/C59H38S2/c1-36-16-15-28-50(59-47-26-11-9-24-45(47)57(46-25-10-12-27-48(46)59)38-31-33-54-51(34-38)40-19-13-14-29-53(40)61-54)55(36)49-32-30-39(35-52(49)60)58-43-22-7-5-20-41(43)56(37-17-3-2-4-18-37)42-21-6-8-23-44(42)58/h2-35,60H,1H3. The van der Waals surface area contributed by atoms with E-state index >= 15 is 0 Å². The van der Waals surface area contributed by atoms with Crippen LogP contribution in [0.3, 0.4) is 0 Å². The van der Waals surface area contributed by atoms with E-state index in [2.05, 4.69) is 213 Å². The summed E-state index contributed by atoms with van der Waals surface area (Å²) in [7, 11) is 0. The van der Waals surface area contributed by atoms with E-state index < -0.39 is 0 Å². The van der Waals surface area contributed by atoms with Crippen molar-refractivity contribution < 1.29 is 0 Å². The van der Waals surface area contributed by atoms with Gasteiger partial charge in [-0.05, 0) is 135 Å². The van der Waals surface area contributed by atoms with Gasteiger partial charge in [-0.25, -0.2) is 0 Å². The van der Waals surface area contributed by atoms with E-state index in [9.17, 15) is 0 Å². The minimum atomic E-state index is 0.954. The smallest absolute Gasteiger partial charge is 0.0355 e. The molecule has 0 spiro atoms. The average molecular weight is 811 g/mol. The highest BCUT2D eigenvalue weighted by molar-refractivity contribution is 7.80. The lowest BCUT2D eigenvalue weighted by Gasteiger charge is -2.22. The first-order valence-corrected chi connectivity index (χ1v) is 22.2. The van der Waals surface area contributed by atoms with Crippen molar-refractivity contribution in [2.75, 3.05) is 0 Å². The SMILES string of the molecule is Cc1cccc(-c2c3ccccc3c(-c3ccc4sc5ccccc5c4c3)c3ccccc23)c1-c1ccc(-c2c3ccccc3c(-c3ccccc3)c3ccccc23)cc1S. The van der Waals surface area contributed by atoms with Gasteiger partial charge in [0.25, 0.3) is 0 Å². The molecule has 0 fully saturated rings. The molecule has 286 valence electrons. The maximum atomic E-state index is 5.36. The lowest BCUT2D eigenvalue weighted by atomic mass is 9.82. The Labute approximate surface area is 364 Å². The van der Waals surface area contributed by atoms with Gasteiger partial charge in [-0.2, -0.15) is 0 Å². The van der Waals surface area contributed by atoms with Crippen LogP contribution in [0.15, 0.2) is 211 Å². The zero-order valence-electron chi connectivity index (χ0n) is 33.5. The molecule has 0 aliphatic rings. The van der Waals surface area contributed by atoms with Crippen molar-refractivity contribution in [1.29, 1.82) is 0 Å². The summed E-state index contributed by atoms with van der Waals surface area (Å²) in [6.07, 6.45) is 0. The Morgan fingerprint density at radius 1 is 0.295 bits per heavy atom. The van der Waals surface area contributed by atoms with E-state index in [-0.39, 0.29) is 0 Å². The molecule has 0 aliphatic carbocycles. The Kier molecular flexibility index (Phi) is 8.45. The molecule has 0 amide bonds. The Morgan fingerprint density at radius 2 is 0.738 bits per heavy atom. The van der Waals surface area contributed by atoms with Crippen LogP contribution in [0.5, 0.6) is 0 Å². The minimum Gasteiger partial charge on any atom is -0.143 e. The van der Waals surface area contributed by atoms with Crippen LogP contribution in [-0.4, -0.2) is 0 Å². The van der Waals surface area contributed by atoms with Crippen LogP contribution in [-0.2, 0) is 0 Å². The average Bonchev–Trinajstić information content (AvgIpc) is 3.68. The molecule has 0 atom stereocenters. The topological polar surface area (TPSA) is 0 Å². The summed E-state index contributed by atoms with van der Waals surface area (Å²) < 4.78 is 2.64. The Balaban J connectivity index is 1.07. The molecular weight excluding hydrogens is 773 g/mol. The first-order valence-electron chi connectivity index (χ1n) is 20.9. The second kappa shape index (κ2) is 14.3. The lowest BCUT2D eigenvalue weighted by Crippen LogP contribution is -1.95. The molecular formula is C59H38S2. The van der Waals surface area contributed by atoms with Crippen LogP contribution in [0.2, 0.25) is 0 Å². The van der Waals surface area contributed by atoms with Crippen molar-refractivity contribution in [2.24, 2.45) is 0 Å². The number of aryl methyl sites for hydroxylation is 1. The van der Waals surface area contributed by atoms with E-state index in [0.29, 0.717) is 0 Å². The second-order valence-corrected chi connectivity index (χ2v) is 17.7. The Morgan fingerprint density at radius 3 is 1.30 bits per heavy atom. The molecule has 0 radical (unpaired) electrons. The maximum Gasteiger partial charge on any atom is 0.0355 e. The summed E-state index contributed by atoms with van der Waals surface area (Å²) in [5.74, 6) is 0. The highest BCUT2D eigenvalue weighted by Crippen LogP contribution is 2.50. The maximum absolute atomic E-state index is 5.36. The normalized spacial score (nSPS) is 11.8. The fraction of sp³-hybridized carbons (Fsp3) is 0.0169.